The van der Waals surface area contributed by atoms with E-state index in [0.717, 1.165) is 29.7 Å². The molecule has 1 aromatic carbocycles. The summed E-state index contributed by atoms with van der Waals surface area (Å²) in [5, 5.41) is 5.24. The lowest BCUT2D eigenvalue weighted by molar-refractivity contribution is -0.123. The molecule has 9 nitrogen and oxygen atoms in total. The van der Waals surface area contributed by atoms with Gasteiger partial charge in [0, 0.05) is 19.0 Å². The van der Waals surface area contributed by atoms with Gasteiger partial charge in [0.05, 0.1) is 29.6 Å². The number of allylic oxidation sites excluding steroid dienone is 1. The number of amides is 3. The number of rotatable bonds is 7. The molecule has 2 N–H and O–H groups in total. The number of nitrogens with one attached hydrogen (secondary N) is 2. The fourth-order valence-electron chi connectivity index (χ4n) is 3.93. The molecule has 2 heterocycles. The van der Waals surface area contributed by atoms with Gasteiger partial charge in [-0.15, -0.1) is 0 Å². The third-order valence-electron chi connectivity index (χ3n) is 5.41. The Labute approximate surface area is 196 Å². The van der Waals surface area contributed by atoms with E-state index < -0.39 is 24.5 Å². The summed E-state index contributed by atoms with van der Waals surface area (Å²) < 4.78 is 15.6. The number of hydrogen-bond donors (Lipinski definition) is 2. The van der Waals surface area contributed by atoms with Crippen molar-refractivity contribution >= 4 is 40.5 Å². The van der Waals surface area contributed by atoms with E-state index in [1.54, 1.807) is 6.26 Å². The molecule has 0 radical (unpaired) electrons. The van der Waals surface area contributed by atoms with Gasteiger partial charge in [-0.25, -0.2) is 14.6 Å². The summed E-state index contributed by atoms with van der Waals surface area (Å²) in [5.41, 5.74) is 3.53. The minimum atomic E-state index is -0.728. The number of benzene rings is 1. The Morgan fingerprint density at radius 3 is 2.79 bits per heavy atom. The molecular weight excluding hydrogens is 438 g/mol. The Morgan fingerprint density at radius 2 is 2.00 bits per heavy atom. The van der Waals surface area contributed by atoms with Crippen LogP contribution in [0.3, 0.4) is 0 Å². The average molecular weight is 463 g/mol. The summed E-state index contributed by atoms with van der Waals surface area (Å²) in [6.07, 6.45) is 5.83. The Hall–Kier alpha value is -3.98. The maximum atomic E-state index is 13.2. The molecule has 0 spiro atoms. The minimum absolute atomic E-state index is 0.248. The summed E-state index contributed by atoms with van der Waals surface area (Å²) in [6, 6.07) is 10.3. The number of esters is 1. The first kappa shape index (κ1) is 23.2. The molecule has 3 aromatic rings. The number of carbonyl (C=O) groups is 3. The van der Waals surface area contributed by atoms with Gasteiger partial charge in [0.2, 0.25) is 0 Å². The number of methoxy groups -OCH3 is 1. The smallest absolute Gasteiger partial charge is 0.339 e. The first-order valence-corrected chi connectivity index (χ1v) is 11.0. The molecule has 0 aliphatic heterocycles. The monoisotopic (exact) mass is 463 g/mol. The number of ether oxygens (including phenoxy) is 2. The highest BCUT2D eigenvalue weighted by atomic mass is 16.5. The Balaban J connectivity index is 1.58. The second-order valence-corrected chi connectivity index (χ2v) is 7.74. The number of carbonyl (C=O) groups excluding carboxylic acids is 3. The highest BCUT2D eigenvalue weighted by Crippen LogP contribution is 2.36. The lowest BCUT2D eigenvalue weighted by Gasteiger charge is -2.22. The van der Waals surface area contributed by atoms with Crippen molar-refractivity contribution < 1.29 is 28.3 Å². The van der Waals surface area contributed by atoms with Gasteiger partial charge < -0.3 is 19.2 Å². The molecule has 3 amide bonds. The van der Waals surface area contributed by atoms with Crippen LogP contribution in [0.2, 0.25) is 0 Å². The molecule has 0 fully saturated rings. The van der Waals surface area contributed by atoms with Crippen molar-refractivity contribution in [1.82, 2.24) is 15.6 Å². The van der Waals surface area contributed by atoms with Crippen molar-refractivity contribution in [3.63, 3.8) is 0 Å². The fraction of sp³-hybridized carbons (Fsp3) is 0.280. The van der Waals surface area contributed by atoms with Gasteiger partial charge in [-0.2, -0.15) is 0 Å². The van der Waals surface area contributed by atoms with E-state index >= 15 is 0 Å². The summed E-state index contributed by atoms with van der Waals surface area (Å²) in [7, 11) is 1.50. The van der Waals surface area contributed by atoms with Crippen molar-refractivity contribution in [2.75, 3.05) is 26.9 Å². The van der Waals surface area contributed by atoms with Crippen molar-refractivity contribution in [2.45, 2.75) is 19.3 Å². The standard InChI is InChI=1S/C25H25N3O6/c1-32-13-11-26-25(31)28-21(29)15-34-24(30)22-18-8-2-3-10-20(18)27-23-16(6-4-9-19(22)23)14-17-7-5-12-33-17/h2-3,5,7-8,10,12,14H,4,6,9,11,13,15H2,1H3,(H2,26,28,29,31)/b16-14+. The molecule has 34 heavy (non-hydrogen) atoms. The highest BCUT2D eigenvalue weighted by Gasteiger charge is 2.26. The second-order valence-electron chi connectivity index (χ2n) is 7.74. The van der Waals surface area contributed by atoms with Crippen LogP contribution in [-0.2, 0) is 20.7 Å². The number of furan rings is 1. The van der Waals surface area contributed by atoms with Crippen molar-refractivity contribution in [2.24, 2.45) is 0 Å². The number of nitrogens with zero attached hydrogens (tertiary/aromatic N) is 1. The molecule has 1 aliphatic carbocycles. The van der Waals surface area contributed by atoms with Gasteiger partial charge in [-0.1, -0.05) is 18.2 Å². The number of imide groups is 1. The van der Waals surface area contributed by atoms with E-state index in [9.17, 15) is 14.4 Å². The minimum Gasteiger partial charge on any atom is -0.465 e. The van der Waals surface area contributed by atoms with Crippen LogP contribution in [0.15, 0.2) is 47.1 Å². The molecule has 176 valence electrons. The predicted octanol–water partition coefficient (Wildman–Crippen LogP) is 3.33. The zero-order chi connectivity index (χ0) is 23.9. The third-order valence-corrected chi connectivity index (χ3v) is 5.41. The van der Waals surface area contributed by atoms with Crippen LogP contribution < -0.4 is 10.6 Å². The number of hydrogen-bond acceptors (Lipinski definition) is 7. The molecule has 0 bridgehead atoms. The Bertz CT molecular complexity index is 1230. The first-order chi connectivity index (χ1) is 16.6. The van der Waals surface area contributed by atoms with Crippen molar-refractivity contribution in [1.29, 1.82) is 0 Å². The van der Waals surface area contributed by atoms with E-state index in [1.807, 2.05) is 42.5 Å². The van der Waals surface area contributed by atoms with Gasteiger partial charge in [0.15, 0.2) is 6.61 Å². The molecular formula is C25H25N3O6. The summed E-state index contributed by atoms with van der Waals surface area (Å²) in [4.78, 5) is 41.8. The quantitative estimate of drug-likeness (QED) is 0.407. The molecule has 4 rings (SSSR count). The lowest BCUT2D eigenvalue weighted by atomic mass is 9.86. The van der Waals surface area contributed by atoms with E-state index in [0.29, 0.717) is 35.3 Å². The summed E-state index contributed by atoms with van der Waals surface area (Å²) in [6.45, 7) is -0.0252. The normalized spacial score (nSPS) is 14.0. The van der Waals surface area contributed by atoms with E-state index in [4.69, 9.17) is 18.9 Å². The van der Waals surface area contributed by atoms with Crippen molar-refractivity contribution in [3.05, 3.63) is 65.2 Å². The number of aromatic nitrogens is 1. The van der Waals surface area contributed by atoms with E-state index in [-0.39, 0.29) is 6.54 Å². The van der Waals surface area contributed by atoms with Crippen LogP contribution in [0.5, 0.6) is 0 Å². The molecule has 0 atom stereocenters. The van der Waals surface area contributed by atoms with Crippen LogP contribution in [-0.4, -0.2) is 49.8 Å². The molecule has 2 aromatic heterocycles. The predicted molar refractivity (Wildman–Crippen MR) is 125 cm³/mol. The summed E-state index contributed by atoms with van der Waals surface area (Å²) >= 11 is 0. The van der Waals surface area contributed by atoms with Gasteiger partial charge in [-0.3, -0.25) is 10.1 Å². The van der Waals surface area contributed by atoms with E-state index in [2.05, 4.69) is 10.6 Å². The maximum absolute atomic E-state index is 13.2. The maximum Gasteiger partial charge on any atom is 0.339 e. The number of urea groups is 1. The highest BCUT2D eigenvalue weighted by molar-refractivity contribution is 6.07. The topological polar surface area (TPSA) is 120 Å². The second kappa shape index (κ2) is 10.8. The summed E-state index contributed by atoms with van der Waals surface area (Å²) in [5.74, 6) is -0.652. The van der Waals surface area contributed by atoms with Crippen LogP contribution >= 0.6 is 0 Å². The Kier molecular flexibility index (Phi) is 7.34. The van der Waals surface area contributed by atoms with Gasteiger partial charge in [-0.05, 0) is 54.7 Å². The van der Waals surface area contributed by atoms with Gasteiger partial charge in [0.1, 0.15) is 5.76 Å². The molecule has 1 aliphatic rings. The Morgan fingerprint density at radius 1 is 1.15 bits per heavy atom. The van der Waals surface area contributed by atoms with Crippen LogP contribution in [0.25, 0.3) is 22.6 Å². The lowest BCUT2D eigenvalue weighted by Crippen LogP contribution is -2.42. The number of pyridine rings is 1. The first-order valence-electron chi connectivity index (χ1n) is 11.0. The zero-order valence-corrected chi connectivity index (χ0v) is 18.8. The van der Waals surface area contributed by atoms with Gasteiger partial charge in [0.25, 0.3) is 5.91 Å². The molecule has 0 unspecified atom stereocenters. The van der Waals surface area contributed by atoms with Crippen LogP contribution in [0.1, 0.15) is 40.2 Å². The van der Waals surface area contributed by atoms with Crippen LogP contribution in [0.4, 0.5) is 4.79 Å². The van der Waals surface area contributed by atoms with Gasteiger partial charge >= 0.3 is 12.0 Å². The SMILES string of the molecule is COCCNC(=O)NC(=O)COC(=O)c1c2c(nc3ccccc13)/C(=C/c1ccco1)CCC2. The molecule has 9 heteroatoms. The molecule has 0 saturated heterocycles. The number of fused-ring (bicyclic) bond motifs is 2. The average Bonchev–Trinajstić information content (AvgIpc) is 3.35. The largest absolute Gasteiger partial charge is 0.465 e. The van der Waals surface area contributed by atoms with Crippen LogP contribution in [0, 0.1) is 0 Å². The number of para-hydroxylation sites is 1. The fourth-order valence-corrected chi connectivity index (χ4v) is 3.93. The third kappa shape index (κ3) is 5.32. The molecule has 0 saturated carbocycles. The van der Waals surface area contributed by atoms with Crippen molar-refractivity contribution in [3.8, 4) is 0 Å². The van der Waals surface area contributed by atoms with E-state index in [1.165, 1.54) is 7.11 Å². The zero-order valence-electron chi connectivity index (χ0n) is 18.8.